The van der Waals surface area contributed by atoms with Crippen molar-refractivity contribution in [3.8, 4) is 0 Å². The Morgan fingerprint density at radius 2 is 1.59 bits per heavy atom. The Bertz CT molecular complexity index is 1420. The van der Waals surface area contributed by atoms with Gasteiger partial charge in [0.15, 0.2) is 0 Å². The van der Waals surface area contributed by atoms with Gasteiger partial charge in [-0.05, 0) is 48.5 Å². The predicted octanol–water partition coefficient (Wildman–Crippen LogP) is 4.25. The molecule has 2 aromatic carbocycles. The molecule has 3 rings (SSSR count). The fourth-order valence-electron chi connectivity index (χ4n) is 2.77. The van der Waals surface area contributed by atoms with Gasteiger partial charge in [-0.1, -0.05) is 34.8 Å². The predicted molar refractivity (Wildman–Crippen MR) is 134 cm³/mol. The van der Waals surface area contributed by atoms with E-state index in [9.17, 15) is 21.6 Å². The molecule has 2 N–H and O–H groups in total. The number of hydrogen-bond acceptors (Lipinski definition) is 6. The van der Waals surface area contributed by atoms with Gasteiger partial charge in [0.2, 0.25) is 15.9 Å². The number of pyridine rings is 1. The summed E-state index contributed by atoms with van der Waals surface area (Å²) in [4.78, 5) is 16.4. The van der Waals surface area contributed by atoms with Crippen molar-refractivity contribution in [1.82, 2.24) is 4.98 Å². The van der Waals surface area contributed by atoms with E-state index in [-0.39, 0.29) is 31.3 Å². The summed E-state index contributed by atoms with van der Waals surface area (Å²) in [6, 6.07) is 11.0. The summed E-state index contributed by atoms with van der Waals surface area (Å²) in [5.74, 6) is -0.698. The van der Waals surface area contributed by atoms with Crippen LogP contribution >= 0.6 is 34.8 Å². The van der Waals surface area contributed by atoms with Crippen LogP contribution < -0.4 is 14.3 Å². The van der Waals surface area contributed by atoms with Gasteiger partial charge < -0.3 is 5.32 Å². The van der Waals surface area contributed by atoms with Gasteiger partial charge in [0.05, 0.1) is 43.8 Å². The molecule has 0 saturated carbocycles. The van der Waals surface area contributed by atoms with Crippen LogP contribution in [0.15, 0.2) is 65.8 Å². The molecule has 0 aliphatic rings. The van der Waals surface area contributed by atoms with E-state index in [1.807, 2.05) is 0 Å². The third-order valence-electron chi connectivity index (χ3n) is 4.31. The molecule has 3 aromatic rings. The molecule has 34 heavy (non-hydrogen) atoms. The van der Waals surface area contributed by atoms with Gasteiger partial charge in [-0.25, -0.2) is 16.8 Å². The third-order valence-corrected chi connectivity index (χ3v) is 7.86. The van der Waals surface area contributed by atoms with Gasteiger partial charge in [0.1, 0.15) is 6.54 Å². The van der Waals surface area contributed by atoms with Gasteiger partial charge in [0, 0.05) is 11.9 Å². The number of benzene rings is 2. The van der Waals surface area contributed by atoms with Crippen LogP contribution in [0, 0.1) is 0 Å². The van der Waals surface area contributed by atoms with Crippen molar-refractivity contribution in [3.05, 3.63) is 76.0 Å². The Balaban J connectivity index is 1.75. The minimum atomic E-state index is -3.92. The fraction of sp³-hybridized carbons (Fsp3) is 0.100. The molecule has 1 heterocycles. The minimum absolute atomic E-state index is 0.0108. The van der Waals surface area contributed by atoms with Crippen molar-refractivity contribution in [2.45, 2.75) is 4.90 Å². The van der Waals surface area contributed by atoms with Crippen molar-refractivity contribution >= 4 is 77.8 Å². The molecule has 0 saturated heterocycles. The molecule has 14 heteroatoms. The van der Waals surface area contributed by atoms with Crippen LogP contribution in [0.5, 0.6) is 0 Å². The SMILES string of the molecule is CS(=O)(=O)N(CC(=O)Nc1ccc(S(=O)(=O)Nc2cccnc2)cc1)c1cc(Cl)c(Cl)cc1Cl. The van der Waals surface area contributed by atoms with E-state index in [0.717, 1.165) is 10.6 Å². The van der Waals surface area contributed by atoms with Crippen LogP contribution in [0.2, 0.25) is 15.1 Å². The lowest BCUT2D eigenvalue weighted by molar-refractivity contribution is -0.114. The molecule has 1 amide bonds. The second-order valence-corrected chi connectivity index (χ2v) is 11.7. The van der Waals surface area contributed by atoms with Crippen molar-refractivity contribution in [3.63, 3.8) is 0 Å². The van der Waals surface area contributed by atoms with E-state index in [1.54, 1.807) is 12.1 Å². The smallest absolute Gasteiger partial charge is 0.261 e. The van der Waals surface area contributed by atoms with Gasteiger partial charge >= 0.3 is 0 Å². The number of aromatic nitrogens is 1. The third kappa shape index (κ3) is 6.51. The van der Waals surface area contributed by atoms with Crippen molar-refractivity contribution in [2.75, 3.05) is 27.1 Å². The first kappa shape index (κ1) is 26.0. The first-order chi connectivity index (χ1) is 15.9. The molecule has 0 bridgehead atoms. The normalized spacial score (nSPS) is 11.6. The van der Waals surface area contributed by atoms with Gasteiger partial charge in [-0.15, -0.1) is 0 Å². The number of amides is 1. The van der Waals surface area contributed by atoms with Crippen LogP contribution in [0.4, 0.5) is 17.1 Å². The maximum atomic E-state index is 12.6. The van der Waals surface area contributed by atoms with Crippen LogP contribution in [0.3, 0.4) is 0 Å². The molecule has 1 aromatic heterocycles. The minimum Gasteiger partial charge on any atom is -0.325 e. The Labute approximate surface area is 211 Å². The summed E-state index contributed by atoms with van der Waals surface area (Å²) in [6.07, 6.45) is 3.78. The zero-order valence-corrected chi connectivity index (χ0v) is 21.3. The second kappa shape index (κ2) is 10.4. The monoisotopic (exact) mass is 562 g/mol. The average molecular weight is 564 g/mol. The zero-order chi connectivity index (χ0) is 25.1. The largest absolute Gasteiger partial charge is 0.325 e. The molecule has 0 atom stereocenters. The standard InChI is InChI=1S/C20H17Cl3N4O5S2/c1-33(29,30)27(19-10-17(22)16(21)9-18(19)23)12-20(28)25-13-4-6-15(7-5-13)34(31,32)26-14-3-2-8-24-11-14/h2-11,26H,12H2,1H3,(H,25,28). The van der Waals surface area contributed by atoms with E-state index in [0.29, 0.717) is 5.69 Å². The number of rotatable bonds is 8. The number of hydrogen-bond donors (Lipinski definition) is 2. The Hall–Kier alpha value is -2.57. The maximum absolute atomic E-state index is 12.6. The highest BCUT2D eigenvalue weighted by Gasteiger charge is 2.24. The summed E-state index contributed by atoms with van der Waals surface area (Å²) in [6.45, 7) is -0.612. The van der Waals surface area contributed by atoms with Gasteiger partial charge in [0.25, 0.3) is 10.0 Å². The van der Waals surface area contributed by atoms with E-state index >= 15 is 0 Å². The van der Waals surface area contributed by atoms with Gasteiger partial charge in [-0.3, -0.25) is 18.8 Å². The summed E-state index contributed by atoms with van der Waals surface area (Å²) < 4.78 is 52.8. The van der Waals surface area contributed by atoms with Crippen molar-refractivity contribution < 1.29 is 21.6 Å². The summed E-state index contributed by atoms with van der Waals surface area (Å²) >= 11 is 18.0. The van der Waals surface area contributed by atoms with Gasteiger partial charge in [-0.2, -0.15) is 0 Å². The number of anilines is 3. The molecule has 0 fully saturated rings. The highest BCUT2D eigenvalue weighted by atomic mass is 35.5. The molecule has 0 aliphatic heterocycles. The number of nitrogens with one attached hydrogen (secondary N) is 2. The quantitative estimate of drug-likeness (QED) is 0.395. The number of carbonyl (C=O) groups excluding carboxylic acids is 1. The summed E-state index contributed by atoms with van der Waals surface area (Å²) in [5, 5.41) is 2.69. The van der Waals surface area contributed by atoms with Crippen molar-refractivity contribution in [1.29, 1.82) is 0 Å². The molecule has 9 nitrogen and oxygen atoms in total. The molecule has 0 unspecified atom stereocenters. The number of halogens is 3. The molecular formula is C20H17Cl3N4O5S2. The fourth-order valence-corrected chi connectivity index (χ4v) is 5.37. The Morgan fingerprint density at radius 1 is 0.941 bits per heavy atom. The molecule has 0 radical (unpaired) electrons. The first-order valence-electron chi connectivity index (χ1n) is 9.32. The number of nitrogens with zero attached hydrogens (tertiary/aromatic N) is 2. The molecular weight excluding hydrogens is 547 g/mol. The van der Waals surface area contributed by atoms with Crippen LogP contribution in [0.25, 0.3) is 0 Å². The van der Waals surface area contributed by atoms with Crippen LogP contribution in [-0.2, 0) is 24.8 Å². The van der Waals surface area contributed by atoms with Crippen LogP contribution in [0.1, 0.15) is 0 Å². The first-order valence-corrected chi connectivity index (χ1v) is 13.8. The summed E-state index contributed by atoms with van der Waals surface area (Å²) in [5.41, 5.74) is 0.525. The molecule has 180 valence electrons. The van der Waals surface area contributed by atoms with E-state index in [1.165, 1.54) is 48.8 Å². The lowest BCUT2D eigenvalue weighted by Gasteiger charge is -2.23. The number of sulfonamides is 2. The van der Waals surface area contributed by atoms with E-state index < -0.39 is 32.5 Å². The topological polar surface area (TPSA) is 126 Å². The zero-order valence-electron chi connectivity index (χ0n) is 17.4. The van der Waals surface area contributed by atoms with Crippen LogP contribution in [-0.4, -0.2) is 40.5 Å². The lowest BCUT2D eigenvalue weighted by Crippen LogP contribution is -2.37. The molecule has 0 spiro atoms. The lowest BCUT2D eigenvalue weighted by atomic mass is 10.3. The van der Waals surface area contributed by atoms with E-state index in [4.69, 9.17) is 34.8 Å². The second-order valence-electron chi connectivity index (χ2n) is 6.91. The Kier molecular flexibility index (Phi) is 7.94. The molecule has 0 aliphatic carbocycles. The van der Waals surface area contributed by atoms with E-state index in [2.05, 4.69) is 15.0 Å². The highest BCUT2D eigenvalue weighted by molar-refractivity contribution is 7.92. The average Bonchev–Trinajstić information content (AvgIpc) is 2.75. The number of carbonyl (C=O) groups is 1. The maximum Gasteiger partial charge on any atom is 0.261 e. The summed E-state index contributed by atoms with van der Waals surface area (Å²) in [7, 11) is -7.79. The van der Waals surface area contributed by atoms with Crippen molar-refractivity contribution in [2.24, 2.45) is 0 Å². The Morgan fingerprint density at radius 3 is 2.18 bits per heavy atom. The highest BCUT2D eigenvalue weighted by Crippen LogP contribution is 2.35.